The number of ether oxygens (including phenoxy) is 2. The van der Waals surface area contributed by atoms with Crippen LogP contribution < -0.4 is 20.1 Å². The van der Waals surface area contributed by atoms with E-state index in [1.54, 1.807) is 13.3 Å². The van der Waals surface area contributed by atoms with Gasteiger partial charge in [-0.15, -0.1) is 0 Å². The van der Waals surface area contributed by atoms with Gasteiger partial charge in [-0.3, -0.25) is 9.78 Å². The Morgan fingerprint density at radius 1 is 1.25 bits per heavy atom. The lowest BCUT2D eigenvalue weighted by Gasteiger charge is -2.15. The predicted octanol–water partition coefficient (Wildman–Crippen LogP) is 2.40. The number of aliphatic hydroxyl groups excluding tert-OH is 1. The van der Waals surface area contributed by atoms with Gasteiger partial charge < -0.3 is 30.2 Å². The molecule has 2 aromatic heterocycles. The molecule has 4 N–H and O–H groups in total. The Morgan fingerprint density at radius 3 is 2.81 bits per heavy atom. The molecular formula is C24H28N4O4. The highest BCUT2D eigenvalue weighted by Crippen LogP contribution is 2.39. The molecule has 2 aliphatic rings. The van der Waals surface area contributed by atoms with Gasteiger partial charge in [0.25, 0.3) is 5.91 Å². The van der Waals surface area contributed by atoms with Gasteiger partial charge in [0.15, 0.2) is 0 Å². The number of amides is 1. The lowest BCUT2D eigenvalue weighted by Crippen LogP contribution is -2.42. The lowest BCUT2D eigenvalue weighted by atomic mass is 10.0. The Hall–Kier alpha value is -3.10. The van der Waals surface area contributed by atoms with Crippen LogP contribution in [0.4, 0.5) is 0 Å². The minimum absolute atomic E-state index is 0.248. The zero-order valence-electron chi connectivity index (χ0n) is 18.3. The molecular weight excluding hydrogens is 408 g/mol. The second-order valence-electron chi connectivity index (χ2n) is 8.63. The predicted molar refractivity (Wildman–Crippen MR) is 121 cm³/mol. The number of hydrogen-bond acceptors (Lipinski definition) is 6. The summed E-state index contributed by atoms with van der Waals surface area (Å²) in [5.74, 6) is 1.89. The topological polar surface area (TPSA) is 108 Å². The molecule has 3 heterocycles. The Balaban J connectivity index is 1.54. The van der Waals surface area contributed by atoms with E-state index in [-0.39, 0.29) is 11.9 Å². The summed E-state index contributed by atoms with van der Waals surface area (Å²) >= 11 is 0. The average molecular weight is 437 g/mol. The monoisotopic (exact) mass is 436 g/mol. The first kappa shape index (κ1) is 20.8. The molecule has 5 rings (SSSR count). The third kappa shape index (κ3) is 3.91. The molecule has 8 nitrogen and oxygen atoms in total. The molecule has 1 aromatic carbocycles. The molecule has 32 heavy (non-hydrogen) atoms. The Morgan fingerprint density at radius 2 is 2.09 bits per heavy atom. The van der Waals surface area contributed by atoms with Crippen molar-refractivity contribution in [2.45, 2.75) is 31.9 Å². The summed E-state index contributed by atoms with van der Waals surface area (Å²) in [5, 5.41) is 16.1. The van der Waals surface area contributed by atoms with E-state index in [1.165, 1.54) is 12.8 Å². The van der Waals surface area contributed by atoms with Gasteiger partial charge in [-0.2, -0.15) is 0 Å². The maximum Gasteiger partial charge on any atom is 0.255 e. The fourth-order valence-corrected chi connectivity index (χ4v) is 4.23. The fourth-order valence-electron chi connectivity index (χ4n) is 4.23. The summed E-state index contributed by atoms with van der Waals surface area (Å²) in [6.45, 7) is 3.57. The minimum Gasteiger partial charge on any atom is -0.497 e. The number of aryl methyl sites for hydroxylation is 1. The van der Waals surface area contributed by atoms with E-state index in [0.717, 1.165) is 33.8 Å². The van der Waals surface area contributed by atoms with Crippen LogP contribution >= 0.6 is 0 Å². The third-order valence-electron chi connectivity index (χ3n) is 6.25. The van der Waals surface area contributed by atoms with E-state index in [0.29, 0.717) is 36.7 Å². The van der Waals surface area contributed by atoms with Crippen LogP contribution in [0.15, 0.2) is 30.5 Å². The van der Waals surface area contributed by atoms with Gasteiger partial charge in [-0.25, -0.2) is 0 Å². The largest absolute Gasteiger partial charge is 0.497 e. The average Bonchev–Trinajstić information content (AvgIpc) is 3.44. The zero-order valence-corrected chi connectivity index (χ0v) is 18.3. The maximum absolute atomic E-state index is 13.1. The quantitative estimate of drug-likeness (QED) is 0.453. The number of benzene rings is 1. The van der Waals surface area contributed by atoms with Crippen molar-refractivity contribution < 1.29 is 19.4 Å². The maximum atomic E-state index is 13.1. The van der Waals surface area contributed by atoms with Crippen molar-refractivity contribution in [2.24, 2.45) is 5.92 Å². The highest BCUT2D eigenvalue weighted by molar-refractivity contribution is 6.09. The molecule has 1 saturated heterocycles. The van der Waals surface area contributed by atoms with Crippen LogP contribution in [-0.4, -0.2) is 59.9 Å². The van der Waals surface area contributed by atoms with Crippen molar-refractivity contribution in [3.8, 4) is 22.6 Å². The molecule has 1 amide bonds. The molecule has 168 valence electrons. The van der Waals surface area contributed by atoms with E-state index in [1.807, 2.05) is 31.2 Å². The Labute approximate surface area is 186 Å². The molecule has 0 radical (unpaired) electrons. The van der Waals surface area contributed by atoms with Crippen molar-refractivity contribution in [2.75, 3.05) is 26.8 Å². The number of aromatic amines is 1. The SMILES string of the molecule is COc1ccc(OCC2CC2)c(-c2ccnc3c(C(=O)N[C@@H]4CNC[C@@H]4O)c(C)[nH]c23)c1. The summed E-state index contributed by atoms with van der Waals surface area (Å²) in [6, 6.07) is 7.37. The number of H-pyrrole nitrogens is 1. The van der Waals surface area contributed by atoms with E-state index in [9.17, 15) is 9.90 Å². The van der Waals surface area contributed by atoms with Crippen LogP contribution in [0, 0.1) is 12.8 Å². The second-order valence-corrected chi connectivity index (χ2v) is 8.63. The van der Waals surface area contributed by atoms with Gasteiger partial charge in [-0.1, -0.05) is 0 Å². The smallest absolute Gasteiger partial charge is 0.255 e. The molecule has 1 saturated carbocycles. The van der Waals surface area contributed by atoms with Gasteiger partial charge in [0.05, 0.1) is 36.9 Å². The number of β-amino-alcohol motifs (C(OH)–C–C–N with tert-alkyl or cyclic N) is 1. The van der Waals surface area contributed by atoms with E-state index in [4.69, 9.17) is 9.47 Å². The van der Waals surface area contributed by atoms with Gasteiger partial charge in [-0.05, 0) is 49.9 Å². The number of hydrogen-bond donors (Lipinski definition) is 4. The normalized spacial score (nSPS) is 20.5. The van der Waals surface area contributed by atoms with Crippen molar-refractivity contribution in [1.82, 2.24) is 20.6 Å². The van der Waals surface area contributed by atoms with Crippen LogP contribution in [0.25, 0.3) is 22.2 Å². The van der Waals surface area contributed by atoms with E-state index < -0.39 is 6.10 Å². The molecule has 2 atom stereocenters. The number of nitrogens with zero attached hydrogens (tertiary/aromatic N) is 1. The highest BCUT2D eigenvalue weighted by atomic mass is 16.5. The van der Waals surface area contributed by atoms with Crippen LogP contribution in [0.3, 0.4) is 0 Å². The molecule has 1 aliphatic heterocycles. The second kappa shape index (κ2) is 8.44. The first-order valence-corrected chi connectivity index (χ1v) is 11.0. The summed E-state index contributed by atoms with van der Waals surface area (Å²) in [4.78, 5) is 21.0. The number of aromatic nitrogens is 2. The highest BCUT2D eigenvalue weighted by Gasteiger charge is 2.29. The molecule has 0 unspecified atom stereocenters. The van der Waals surface area contributed by atoms with Crippen molar-refractivity contribution in [3.05, 3.63) is 41.7 Å². The summed E-state index contributed by atoms with van der Waals surface area (Å²) in [5.41, 5.74) is 4.36. The van der Waals surface area contributed by atoms with Crippen LogP contribution in [0.1, 0.15) is 28.9 Å². The molecule has 0 spiro atoms. The number of carbonyl (C=O) groups excluding carboxylic acids is 1. The number of fused-ring (bicyclic) bond motifs is 1. The number of carbonyl (C=O) groups is 1. The first-order valence-electron chi connectivity index (χ1n) is 11.0. The molecule has 8 heteroatoms. The molecule has 2 fully saturated rings. The number of methoxy groups -OCH3 is 1. The lowest BCUT2D eigenvalue weighted by molar-refractivity contribution is 0.0889. The standard InChI is InChI=1S/C24H28N4O4/c1-13-21(24(30)28-18-10-25-11-19(18)29)23-22(27-13)16(7-8-26-23)17-9-15(31-2)5-6-20(17)32-12-14-3-4-14/h5-9,14,18-19,25,27,29H,3-4,10-12H2,1-2H3,(H,28,30)/t18-,19+/m1/s1. The van der Waals surface area contributed by atoms with Gasteiger partial charge in [0.2, 0.25) is 0 Å². The molecule has 1 aliphatic carbocycles. The van der Waals surface area contributed by atoms with Gasteiger partial charge in [0, 0.05) is 36.1 Å². The van der Waals surface area contributed by atoms with E-state index in [2.05, 4.69) is 20.6 Å². The van der Waals surface area contributed by atoms with Crippen molar-refractivity contribution in [1.29, 1.82) is 0 Å². The van der Waals surface area contributed by atoms with E-state index >= 15 is 0 Å². The Bertz CT molecular complexity index is 1150. The van der Waals surface area contributed by atoms with Crippen molar-refractivity contribution >= 4 is 16.9 Å². The third-order valence-corrected chi connectivity index (χ3v) is 6.25. The number of nitrogens with one attached hydrogen (secondary N) is 3. The van der Waals surface area contributed by atoms with Gasteiger partial charge in [0.1, 0.15) is 17.0 Å². The first-order chi connectivity index (χ1) is 15.5. The van der Waals surface area contributed by atoms with Crippen LogP contribution in [0.5, 0.6) is 11.5 Å². The summed E-state index contributed by atoms with van der Waals surface area (Å²) < 4.78 is 11.6. The van der Waals surface area contributed by atoms with Crippen LogP contribution in [0.2, 0.25) is 0 Å². The number of aliphatic hydroxyl groups is 1. The number of rotatable bonds is 7. The zero-order chi connectivity index (χ0) is 22.2. The summed E-state index contributed by atoms with van der Waals surface area (Å²) in [7, 11) is 1.64. The van der Waals surface area contributed by atoms with Crippen LogP contribution in [-0.2, 0) is 0 Å². The molecule has 3 aromatic rings. The number of pyridine rings is 1. The fraction of sp³-hybridized carbons (Fsp3) is 0.417. The van der Waals surface area contributed by atoms with Crippen molar-refractivity contribution in [3.63, 3.8) is 0 Å². The summed E-state index contributed by atoms with van der Waals surface area (Å²) in [6.07, 6.45) is 3.53. The minimum atomic E-state index is -0.601. The molecule has 0 bridgehead atoms. The van der Waals surface area contributed by atoms with Gasteiger partial charge >= 0.3 is 0 Å². The Kier molecular flexibility index (Phi) is 5.48.